The SMILES string of the molecule is CC1C2C=C[CH+]C1CC2. The van der Waals surface area contributed by atoms with Crippen LogP contribution in [-0.2, 0) is 0 Å². The van der Waals surface area contributed by atoms with E-state index in [-0.39, 0.29) is 0 Å². The van der Waals surface area contributed by atoms with Gasteiger partial charge < -0.3 is 0 Å². The summed E-state index contributed by atoms with van der Waals surface area (Å²) >= 11 is 0. The maximum absolute atomic E-state index is 2.38. The Balaban J connectivity index is 2.22. The van der Waals surface area contributed by atoms with Crippen molar-refractivity contribution in [3.8, 4) is 0 Å². The molecule has 0 aromatic carbocycles. The molecule has 9 heavy (non-hydrogen) atoms. The summed E-state index contributed by atoms with van der Waals surface area (Å²) in [6, 6.07) is 0. The second-order valence-corrected chi connectivity index (χ2v) is 3.34. The number of fused-ring (bicyclic) bond motifs is 2. The van der Waals surface area contributed by atoms with E-state index in [0.717, 1.165) is 17.8 Å². The lowest BCUT2D eigenvalue weighted by molar-refractivity contribution is 0.412. The Bertz CT molecular complexity index is 135. The van der Waals surface area contributed by atoms with Crippen molar-refractivity contribution in [1.29, 1.82) is 0 Å². The van der Waals surface area contributed by atoms with Crippen LogP contribution >= 0.6 is 0 Å². The van der Waals surface area contributed by atoms with E-state index in [0.29, 0.717) is 0 Å². The molecule has 3 atom stereocenters. The van der Waals surface area contributed by atoms with E-state index in [1.165, 1.54) is 12.8 Å². The average Bonchev–Trinajstić information content (AvgIpc) is 2.19. The lowest BCUT2D eigenvalue weighted by atomic mass is 9.85. The quantitative estimate of drug-likeness (QED) is 0.432. The molecule has 0 nitrogen and oxygen atoms in total. The second kappa shape index (κ2) is 1.80. The van der Waals surface area contributed by atoms with E-state index in [2.05, 4.69) is 25.5 Å². The molecule has 3 unspecified atom stereocenters. The van der Waals surface area contributed by atoms with E-state index in [9.17, 15) is 0 Å². The molecule has 2 bridgehead atoms. The number of hydrogen-bond donors (Lipinski definition) is 0. The minimum Gasteiger partial charge on any atom is -0.0579 e. The van der Waals surface area contributed by atoms with Crippen molar-refractivity contribution in [2.75, 3.05) is 0 Å². The van der Waals surface area contributed by atoms with Crippen LogP contribution in [0, 0.1) is 24.2 Å². The van der Waals surface area contributed by atoms with Crippen molar-refractivity contribution in [3.63, 3.8) is 0 Å². The van der Waals surface area contributed by atoms with Gasteiger partial charge in [-0.2, -0.15) is 0 Å². The average molecular weight is 121 g/mol. The molecule has 0 aliphatic heterocycles. The van der Waals surface area contributed by atoms with Crippen LogP contribution < -0.4 is 0 Å². The van der Waals surface area contributed by atoms with Crippen LogP contribution in [0.15, 0.2) is 12.2 Å². The summed E-state index contributed by atoms with van der Waals surface area (Å²) in [6.07, 6.45) is 9.85. The van der Waals surface area contributed by atoms with Gasteiger partial charge in [0.25, 0.3) is 0 Å². The maximum atomic E-state index is 2.38. The van der Waals surface area contributed by atoms with Crippen LogP contribution in [-0.4, -0.2) is 0 Å². The summed E-state index contributed by atoms with van der Waals surface area (Å²) in [5.74, 6) is 2.77. The van der Waals surface area contributed by atoms with Gasteiger partial charge in [0, 0.05) is 30.3 Å². The van der Waals surface area contributed by atoms with Gasteiger partial charge in [-0.1, -0.05) is 6.92 Å². The topological polar surface area (TPSA) is 0 Å². The first-order valence-corrected chi connectivity index (χ1v) is 3.89. The normalized spacial score (nSPS) is 47.0. The lowest BCUT2D eigenvalue weighted by Crippen LogP contribution is -2.12. The van der Waals surface area contributed by atoms with E-state index >= 15 is 0 Å². The molecule has 48 valence electrons. The Morgan fingerprint density at radius 3 is 3.00 bits per heavy atom. The Kier molecular flexibility index (Phi) is 1.08. The van der Waals surface area contributed by atoms with Gasteiger partial charge in [-0.25, -0.2) is 0 Å². The highest BCUT2D eigenvalue weighted by Crippen LogP contribution is 2.42. The Labute approximate surface area is 57.0 Å². The molecule has 0 saturated heterocycles. The summed E-state index contributed by atoms with van der Waals surface area (Å²) < 4.78 is 0. The fourth-order valence-corrected chi connectivity index (χ4v) is 2.12. The molecule has 0 aromatic heterocycles. The van der Waals surface area contributed by atoms with Crippen LogP contribution in [0.25, 0.3) is 0 Å². The monoisotopic (exact) mass is 121 g/mol. The highest BCUT2D eigenvalue weighted by atomic mass is 14.4. The van der Waals surface area contributed by atoms with Gasteiger partial charge in [0.1, 0.15) is 0 Å². The summed E-state index contributed by atoms with van der Waals surface area (Å²) in [6.45, 7) is 2.38. The second-order valence-electron chi connectivity index (χ2n) is 3.34. The third-order valence-electron chi connectivity index (χ3n) is 2.90. The number of rotatable bonds is 0. The lowest BCUT2D eigenvalue weighted by Gasteiger charge is -2.14. The van der Waals surface area contributed by atoms with Crippen LogP contribution in [0.4, 0.5) is 0 Å². The number of hydrogen-bond acceptors (Lipinski definition) is 0. The minimum atomic E-state index is 0.917. The first-order valence-electron chi connectivity index (χ1n) is 3.89. The number of allylic oxidation sites excluding steroid dienone is 2. The van der Waals surface area contributed by atoms with Crippen molar-refractivity contribution >= 4 is 0 Å². The molecule has 2 rings (SSSR count). The maximum Gasteiger partial charge on any atom is 0.0899 e. The highest BCUT2D eigenvalue weighted by Gasteiger charge is 2.38. The summed E-state index contributed by atoms with van der Waals surface area (Å²) in [4.78, 5) is 0. The molecular formula is C9H13+. The molecule has 0 radical (unpaired) electrons. The van der Waals surface area contributed by atoms with Crippen molar-refractivity contribution in [2.45, 2.75) is 19.8 Å². The molecular weight excluding hydrogens is 108 g/mol. The van der Waals surface area contributed by atoms with Crippen LogP contribution in [0.2, 0.25) is 0 Å². The zero-order chi connectivity index (χ0) is 6.27. The van der Waals surface area contributed by atoms with Gasteiger partial charge >= 0.3 is 0 Å². The van der Waals surface area contributed by atoms with E-state index in [4.69, 9.17) is 0 Å². The smallest absolute Gasteiger partial charge is 0.0579 e. The molecule has 1 fully saturated rings. The molecule has 2 aliphatic rings. The van der Waals surface area contributed by atoms with E-state index < -0.39 is 0 Å². The predicted octanol–water partition coefficient (Wildman–Crippen LogP) is 2.42. The molecule has 0 N–H and O–H groups in total. The first kappa shape index (κ1) is 5.40. The Hall–Kier alpha value is -0.390. The van der Waals surface area contributed by atoms with Gasteiger partial charge in [0.2, 0.25) is 0 Å². The summed E-state index contributed by atoms with van der Waals surface area (Å²) in [7, 11) is 0. The fourth-order valence-electron chi connectivity index (χ4n) is 2.12. The van der Waals surface area contributed by atoms with E-state index in [1.807, 2.05) is 0 Å². The first-order chi connectivity index (χ1) is 4.38. The Morgan fingerprint density at radius 2 is 2.33 bits per heavy atom. The zero-order valence-corrected chi connectivity index (χ0v) is 5.88. The minimum absolute atomic E-state index is 0.917. The fraction of sp³-hybridized carbons (Fsp3) is 0.667. The van der Waals surface area contributed by atoms with Gasteiger partial charge in [-0.3, -0.25) is 0 Å². The highest BCUT2D eigenvalue weighted by molar-refractivity contribution is 5.12. The van der Waals surface area contributed by atoms with Crippen LogP contribution in [0.1, 0.15) is 19.8 Å². The van der Waals surface area contributed by atoms with Crippen molar-refractivity contribution < 1.29 is 0 Å². The van der Waals surface area contributed by atoms with Gasteiger partial charge in [0.05, 0.1) is 6.08 Å². The summed E-state index contributed by atoms with van der Waals surface area (Å²) in [5.41, 5.74) is 0. The van der Waals surface area contributed by atoms with Gasteiger partial charge in [-0.05, 0) is 12.8 Å². The van der Waals surface area contributed by atoms with Crippen LogP contribution in [0.5, 0.6) is 0 Å². The standard InChI is InChI=1S/C9H13/c1-7-8-3-2-4-9(7)6-5-8/h2-4,7-9H,5-6H2,1H3/q+1. The molecule has 0 spiro atoms. The van der Waals surface area contributed by atoms with Gasteiger partial charge in [0.15, 0.2) is 0 Å². The molecule has 0 heteroatoms. The predicted molar refractivity (Wildman–Crippen MR) is 38.8 cm³/mol. The third-order valence-corrected chi connectivity index (χ3v) is 2.90. The van der Waals surface area contributed by atoms with Crippen molar-refractivity contribution in [3.05, 3.63) is 18.6 Å². The molecule has 0 aromatic rings. The largest absolute Gasteiger partial charge is 0.0899 e. The van der Waals surface area contributed by atoms with Crippen LogP contribution in [0.3, 0.4) is 0 Å². The molecule has 1 saturated carbocycles. The third kappa shape index (κ3) is 0.692. The van der Waals surface area contributed by atoms with Gasteiger partial charge in [-0.15, -0.1) is 0 Å². The molecule has 0 amide bonds. The molecule has 0 heterocycles. The molecule has 2 aliphatic carbocycles. The zero-order valence-electron chi connectivity index (χ0n) is 5.88. The summed E-state index contributed by atoms with van der Waals surface area (Å²) in [5, 5.41) is 0. The van der Waals surface area contributed by atoms with Crippen molar-refractivity contribution in [2.24, 2.45) is 17.8 Å². The Morgan fingerprint density at radius 1 is 1.44 bits per heavy atom. The van der Waals surface area contributed by atoms with Crippen molar-refractivity contribution in [1.82, 2.24) is 0 Å². The van der Waals surface area contributed by atoms with E-state index in [1.54, 1.807) is 0 Å².